The summed E-state index contributed by atoms with van der Waals surface area (Å²) in [6, 6.07) is 20.5. The van der Waals surface area contributed by atoms with E-state index in [-0.39, 0.29) is 29.1 Å². The van der Waals surface area contributed by atoms with E-state index in [9.17, 15) is 18.0 Å². The minimum absolute atomic E-state index is 0.0384. The maximum atomic E-state index is 14.1. The first-order valence-electron chi connectivity index (χ1n) is 13.2. The lowest BCUT2D eigenvalue weighted by Crippen LogP contribution is -2.53. The van der Waals surface area contributed by atoms with Crippen molar-refractivity contribution in [3.8, 4) is 5.75 Å². The van der Waals surface area contributed by atoms with Gasteiger partial charge in [0.15, 0.2) is 0 Å². The number of hydrogen-bond donors (Lipinski definition) is 1. The molecule has 0 saturated carbocycles. The average molecular weight is 586 g/mol. The number of nitrogens with one attached hydrogen (secondary N) is 1. The zero-order valence-electron chi connectivity index (χ0n) is 23.2. The van der Waals surface area contributed by atoms with Crippen molar-refractivity contribution in [2.45, 2.75) is 57.1 Å². The molecule has 0 aliphatic rings. The monoisotopic (exact) mass is 585 g/mol. The van der Waals surface area contributed by atoms with Crippen LogP contribution in [0.4, 0.5) is 5.69 Å². The Hall–Kier alpha value is -3.56. The van der Waals surface area contributed by atoms with Crippen molar-refractivity contribution in [1.29, 1.82) is 0 Å². The molecule has 214 valence electrons. The van der Waals surface area contributed by atoms with E-state index >= 15 is 0 Å². The summed E-state index contributed by atoms with van der Waals surface area (Å²) in [6.07, 6.45) is 1.07. The van der Waals surface area contributed by atoms with Gasteiger partial charge in [-0.05, 0) is 61.7 Å². The van der Waals surface area contributed by atoms with Gasteiger partial charge in [-0.3, -0.25) is 13.9 Å². The summed E-state index contributed by atoms with van der Waals surface area (Å²) in [5, 5.41) is 3.51. The Balaban J connectivity index is 2.06. The van der Waals surface area contributed by atoms with Crippen LogP contribution in [0.5, 0.6) is 5.75 Å². The Morgan fingerprint density at radius 1 is 0.950 bits per heavy atom. The second-order valence-electron chi connectivity index (χ2n) is 9.42. The van der Waals surface area contributed by atoms with Crippen LogP contribution in [0, 0.1) is 0 Å². The quantitative estimate of drug-likeness (QED) is 0.295. The molecule has 0 aliphatic carbocycles. The molecule has 0 saturated heterocycles. The zero-order chi connectivity index (χ0) is 29.3. The molecule has 0 fully saturated rings. The number of anilines is 1. The van der Waals surface area contributed by atoms with E-state index in [1.54, 1.807) is 66.7 Å². The van der Waals surface area contributed by atoms with E-state index in [4.69, 9.17) is 16.3 Å². The molecule has 0 bridgehead atoms. The van der Waals surface area contributed by atoms with Gasteiger partial charge in [-0.25, -0.2) is 8.42 Å². The fourth-order valence-electron chi connectivity index (χ4n) is 4.16. The van der Waals surface area contributed by atoms with E-state index in [2.05, 4.69) is 5.32 Å². The molecule has 1 N–H and O–H groups in total. The highest BCUT2D eigenvalue weighted by atomic mass is 35.5. The van der Waals surface area contributed by atoms with Gasteiger partial charge in [-0.1, -0.05) is 61.8 Å². The maximum absolute atomic E-state index is 14.1. The number of sulfonamides is 1. The van der Waals surface area contributed by atoms with Crippen LogP contribution in [0.1, 0.15) is 39.2 Å². The predicted molar refractivity (Wildman–Crippen MR) is 158 cm³/mol. The highest BCUT2D eigenvalue weighted by molar-refractivity contribution is 7.92. The molecule has 2 amide bonds. The fraction of sp³-hybridized carbons (Fsp3) is 0.333. The lowest BCUT2D eigenvalue weighted by Gasteiger charge is -2.33. The second-order valence-corrected chi connectivity index (χ2v) is 11.7. The maximum Gasteiger partial charge on any atom is 0.264 e. The van der Waals surface area contributed by atoms with Crippen LogP contribution >= 0.6 is 11.6 Å². The molecule has 10 heteroatoms. The molecule has 8 nitrogen and oxygen atoms in total. The molecule has 3 aromatic rings. The average Bonchev–Trinajstić information content (AvgIpc) is 2.96. The number of methoxy groups -OCH3 is 1. The summed E-state index contributed by atoms with van der Waals surface area (Å²) in [6.45, 7) is 5.25. The first-order valence-corrected chi connectivity index (χ1v) is 15.0. The SMILES string of the molecule is CC[C@@H](C)NC(=O)[C@@H](CC)N(Cc1ccc(Cl)cc1)C(=O)CN(c1cccc(OC)c1)S(=O)(=O)c1ccccc1. The number of carbonyl (C=O) groups excluding carboxylic acids is 2. The van der Waals surface area contributed by atoms with Crippen LogP contribution < -0.4 is 14.4 Å². The van der Waals surface area contributed by atoms with E-state index in [0.717, 1.165) is 16.3 Å². The van der Waals surface area contributed by atoms with Crippen LogP contribution in [0.2, 0.25) is 5.02 Å². The smallest absolute Gasteiger partial charge is 0.264 e. The summed E-state index contributed by atoms with van der Waals surface area (Å²) in [5.74, 6) is -0.378. The van der Waals surface area contributed by atoms with Crippen LogP contribution in [0.15, 0.2) is 83.8 Å². The number of ether oxygens (including phenoxy) is 1. The second kappa shape index (κ2) is 14.2. The van der Waals surface area contributed by atoms with Crippen molar-refractivity contribution in [1.82, 2.24) is 10.2 Å². The molecule has 0 spiro atoms. The Morgan fingerprint density at radius 3 is 2.23 bits per heavy atom. The number of rotatable bonds is 13. The third-order valence-corrected chi connectivity index (χ3v) is 8.64. The standard InChI is InChI=1S/C30H36ClN3O5S/c1-5-22(3)32-30(36)28(6-2)33(20-23-15-17-24(31)18-16-23)29(35)21-34(25-11-10-12-26(19-25)39-4)40(37,38)27-13-8-7-9-14-27/h7-19,22,28H,5-6,20-21H2,1-4H3,(H,32,36)/t22-,28-/m1/s1. The first-order chi connectivity index (χ1) is 19.1. The van der Waals surface area contributed by atoms with Gasteiger partial charge in [-0.15, -0.1) is 0 Å². The van der Waals surface area contributed by atoms with Crippen LogP contribution in [-0.2, 0) is 26.2 Å². The number of nitrogens with zero attached hydrogens (tertiary/aromatic N) is 2. The van der Waals surface area contributed by atoms with E-state index in [0.29, 0.717) is 17.2 Å². The topological polar surface area (TPSA) is 96.0 Å². The Labute approximate surface area is 241 Å². The highest BCUT2D eigenvalue weighted by Gasteiger charge is 2.34. The molecular formula is C30H36ClN3O5S. The normalized spacial score (nSPS) is 12.7. The molecule has 0 heterocycles. The molecule has 2 atom stereocenters. The van der Waals surface area contributed by atoms with Gasteiger partial charge in [0.25, 0.3) is 10.0 Å². The fourth-order valence-corrected chi connectivity index (χ4v) is 5.71. The summed E-state index contributed by atoms with van der Waals surface area (Å²) in [5.41, 5.74) is 1.02. The summed E-state index contributed by atoms with van der Waals surface area (Å²) in [4.78, 5) is 28.9. The van der Waals surface area contributed by atoms with Crippen molar-refractivity contribution >= 4 is 39.1 Å². The number of benzene rings is 3. The van der Waals surface area contributed by atoms with Gasteiger partial charge in [0.1, 0.15) is 18.3 Å². The van der Waals surface area contributed by atoms with E-state index in [1.165, 1.54) is 24.1 Å². The van der Waals surface area contributed by atoms with Crippen LogP contribution in [-0.4, -0.2) is 50.9 Å². The molecule has 0 radical (unpaired) electrons. The molecule has 0 unspecified atom stereocenters. The highest BCUT2D eigenvalue weighted by Crippen LogP contribution is 2.28. The number of carbonyl (C=O) groups is 2. The van der Waals surface area contributed by atoms with Gasteiger partial charge in [-0.2, -0.15) is 0 Å². The third-order valence-electron chi connectivity index (χ3n) is 6.60. The van der Waals surface area contributed by atoms with Gasteiger partial charge >= 0.3 is 0 Å². The Bertz CT molecular complexity index is 1380. The van der Waals surface area contributed by atoms with Gasteiger partial charge in [0.2, 0.25) is 11.8 Å². The Morgan fingerprint density at radius 2 is 1.62 bits per heavy atom. The third kappa shape index (κ3) is 7.76. The summed E-state index contributed by atoms with van der Waals surface area (Å²) in [7, 11) is -2.67. The summed E-state index contributed by atoms with van der Waals surface area (Å²) >= 11 is 6.07. The van der Waals surface area contributed by atoms with Gasteiger partial charge in [0, 0.05) is 23.7 Å². The lowest BCUT2D eigenvalue weighted by atomic mass is 10.1. The molecule has 3 aromatic carbocycles. The molecule has 0 aromatic heterocycles. The minimum atomic E-state index is -4.15. The van der Waals surface area contributed by atoms with E-state index < -0.39 is 28.5 Å². The van der Waals surface area contributed by atoms with Crippen molar-refractivity contribution < 1.29 is 22.7 Å². The lowest BCUT2D eigenvalue weighted by molar-refractivity contribution is -0.140. The summed E-state index contributed by atoms with van der Waals surface area (Å²) < 4.78 is 34.1. The molecule has 40 heavy (non-hydrogen) atoms. The van der Waals surface area contributed by atoms with Gasteiger partial charge in [0.05, 0.1) is 17.7 Å². The minimum Gasteiger partial charge on any atom is -0.497 e. The van der Waals surface area contributed by atoms with Crippen molar-refractivity contribution in [2.24, 2.45) is 0 Å². The van der Waals surface area contributed by atoms with Gasteiger partial charge < -0.3 is 15.0 Å². The predicted octanol–water partition coefficient (Wildman–Crippen LogP) is 5.27. The van der Waals surface area contributed by atoms with Crippen LogP contribution in [0.25, 0.3) is 0 Å². The molecule has 3 rings (SSSR count). The van der Waals surface area contributed by atoms with Crippen molar-refractivity contribution in [3.05, 3.63) is 89.4 Å². The van der Waals surface area contributed by atoms with Crippen LogP contribution in [0.3, 0.4) is 0 Å². The zero-order valence-corrected chi connectivity index (χ0v) is 24.8. The first kappa shape index (κ1) is 31.0. The Kier molecular flexibility index (Phi) is 11.0. The largest absolute Gasteiger partial charge is 0.497 e. The number of amides is 2. The van der Waals surface area contributed by atoms with Crippen molar-refractivity contribution in [2.75, 3.05) is 18.0 Å². The molecule has 0 aliphatic heterocycles. The number of hydrogen-bond acceptors (Lipinski definition) is 5. The molecular weight excluding hydrogens is 550 g/mol. The van der Waals surface area contributed by atoms with E-state index in [1.807, 2.05) is 20.8 Å². The number of halogens is 1. The van der Waals surface area contributed by atoms with Crippen molar-refractivity contribution in [3.63, 3.8) is 0 Å².